The molecule has 1 aromatic carbocycles. The minimum absolute atomic E-state index is 0.114. The highest BCUT2D eigenvalue weighted by atomic mass is 16.2. The quantitative estimate of drug-likeness (QED) is 0.853. The SMILES string of the molecule is CC(=O)N1C[C@H]2CC(NC(=O)c3n[nH]c4ccccc34)C[C@@H](C1)N2C. The third-order valence-electron chi connectivity index (χ3n) is 5.59. The van der Waals surface area contributed by atoms with Crippen LogP contribution in [-0.2, 0) is 4.79 Å². The van der Waals surface area contributed by atoms with Crippen molar-refractivity contribution in [1.29, 1.82) is 0 Å². The molecular weight excluding hydrogens is 318 g/mol. The summed E-state index contributed by atoms with van der Waals surface area (Å²) in [7, 11) is 2.12. The molecule has 0 spiro atoms. The maximum Gasteiger partial charge on any atom is 0.272 e. The number of likely N-dealkylation sites (N-methyl/N-ethyl adjacent to an activating group) is 1. The molecule has 1 unspecified atom stereocenters. The van der Waals surface area contributed by atoms with Gasteiger partial charge in [0.05, 0.1) is 5.52 Å². The number of piperazine rings is 1. The molecule has 2 amide bonds. The van der Waals surface area contributed by atoms with Gasteiger partial charge in [0, 0.05) is 43.5 Å². The molecule has 0 aliphatic carbocycles. The molecule has 3 atom stereocenters. The van der Waals surface area contributed by atoms with Crippen LogP contribution in [0.1, 0.15) is 30.3 Å². The summed E-state index contributed by atoms with van der Waals surface area (Å²) in [6, 6.07) is 8.34. The number of likely N-dealkylation sites (tertiary alicyclic amines) is 1. The number of hydrogen-bond donors (Lipinski definition) is 2. The predicted octanol–water partition coefficient (Wildman–Crippen LogP) is 0.986. The van der Waals surface area contributed by atoms with E-state index < -0.39 is 0 Å². The molecule has 2 N–H and O–H groups in total. The van der Waals surface area contributed by atoms with Crippen LogP contribution < -0.4 is 5.32 Å². The molecule has 7 nitrogen and oxygen atoms in total. The maximum atomic E-state index is 12.7. The Morgan fingerprint density at radius 3 is 2.56 bits per heavy atom. The summed E-state index contributed by atoms with van der Waals surface area (Å²) >= 11 is 0. The molecule has 2 saturated heterocycles. The lowest BCUT2D eigenvalue weighted by Gasteiger charge is -2.50. The normalized spacial score (nSPS) is 26.6. The number of nitrogens with one attached hydrogen (secondary N) is 2. The smallest absolute Gasteiger partial charge is 0.272 e. The number of nitrogens with zero attached hydrogens (tertiary/aromatic N) is 3. The summed E-state index contributed by atoms with van der Waals surface area (Å²) in [5.41, 5.74) is 1.31. The Kier molecular flexibility index (Phi) is 3.95. The molecule has 25 heavy (non-hydrogen) atoms. The van der Waals surface area contributed by atoms with Crippen LogP contribution in [0.4, 0.5) is 0 Å². The molecule has 2 bridgehead atoms. The van der Waals surface area contributed by atoms with Crippen molar-refractivity contribution in [2.45, 2.75) is 37.9 Å². The monoisotopic (exact) mass is 341 g/mol. The van der Waals surface area contributed by atoms with Crippen LogP contribution in [0.5, 0.6) is 0 Å². The van der Waals surface area contributed by atoms with Crippen LogP contribution in [0, 0.1) is 0 Å². The van der Waals surface area contributed by atoms with E-state index in [1.807, 2.05) is 29.2 Å². The van der Waals surface area contributed by atoms with Gasteiger partial charge in [0.25, 0.3) is 5.91 Å². The van der Waals surface area contributed by atoms with Crippen molar-refractivity contribution in [1.82, 2.24) is 25.3 Å². The van der Waals surface area contributed by atoms with Gasteiger partial charge in [-0.2, -0.15) is 5.10 Å². The minimum Gasteiger partial charge on any atom is -0.348 e. The summed E-state index contributed by atoms with van der Waals surface area (Å²) in [4.78, 5) is 28.7. The van der Waals surface area contributed by atoms with Crippen molar-refractivity contribution in [3.63, 3.8) is 0 Å². The third-order valence-corrected chi connectivity index (χ3v) is 5.59. The third kappa shape index (κ3) is 2.89. The Bertz CT molecular complexity index is 801. The van der Waals surface area contributed by atoms with Gasteiger partial charge in [0.1, 0.15) is 0 Å². The second-order valence-electron chi connectivity index (χ2n) is 7.16. The van der Waals surface area contributed by atoms with E-state index >= 15 is 0 Å². The molecule has 3 heterocycles. The number of H-pyrrole nitrogens is 1. The summed E-state index contributed by atoms with van der Waals surface area (Å²) in [5.74, 6) is 0.00192. The van der Waals surface area contributed by atoms with Gasteiger partial charge in [-0.25, -0.2) is 0 Å². The number of amides is 2. The number of aromatic nitrogens is 2. The van der Waals surface area contributed by atoms with Crippen molar-refractivity contribution < 1.29 is 9.59 Å². The van der Waals surface area contributed by atoms with Crippen LogP contribution in [0.2, 0.25) is 0 Å². The summed E-state index contributed by atoms with van der Waals surface area (Å²) in [5, 5.41) is 11.1. The van der Waals surface area contributed by atoms with Gasteiger partial charge in [-0.1, -0.05) is 18.2 Å². The Labute approximate surface area is 146 Å². The maximum absolute atomic E-state index is 12.7. The van der Waals surface area contributed by atoms with Gasteiger partial charge in [-0.15, -0.1) is 0 Å². The van der Waals surface area contributed by atoms with E-state index in [9.17, 15) is 9.59 Å². The van der Waals surface area contributed by atoms with Crippen molar-refractivity contribution in [3.05, 3.63) is 30.0 Å². The molecule has 2 fully saturated rings. The fourth-order valence-electron chi connectivity index (χ4n) is 4.14. The van der Waals surface area contributed by atoms with E-state index in [0.29, 0.717) is 5.69 Å². The van der Waals surface area contributed by atoms with Gasteiger partial charge in [-0.05, 0) is 26.0 Å². The Morgan fingerprint density at radius 1 is 1.20 bits per heavy atom. The topological polar surface area (TPSA) is 81.3 Å². The second kappa shape index (κ2) is 6.15. The minimum atomic E-state index is -0.131. The molecule has 2 aliphatic heterocycles. The lowest BCUT2D eigenvalue weighted by Crippen LogP contribution is -2.64. The molecular formula is C18H23N5O2. The number of para-hydroxylation sites is 1. The number of carbonyl (C=O) groups excluding carboxylic acids is 2. The second-order valence-corrected chi connectivity index (χ2v) is 7.16. The lowest BCUT2D eigenvalue weighted by molar-refractivity contribution is -0.134. The van der Waals surface area contributed by atoms with Gasteiger partial charge >= 0.3 is 0 Å². The van der Waals surface area contributed by atoms with Gasteiger partial charge in [0.2, 0.25) is 5.91 Å². The molecule has 0 saturated carbocycles. The highest BCUT2D eigenvalue weighted by Gasteiger charge is 2.40. The summed E-state index contributed by atoms with van der Waals surface area (Å²) in [6.07, 6.45) is 1.70. The first-order valence-corrected chi connectivity index (χ1v) is 8.74. The number of benzene rings is 1. The Hall–Kier alpha value is -2.41. The zero-order valence-electron chi connectivity index (χ0n) is 14.5. The van der Waals surface area contributed by atoms with Gasteiger partial charge < -0.3 is 10.2 Å². The first-order valence-electron chi connectivity index (χ1n) is 8.74. The van der Waals surface area contributed by atoms with Gasteiger partial charge in [-0.3, -0.25) is 19.6 Å². The summed E-state index contributed by atoms with van der Waals surface area (Å²) in [6.45, 7) is 3.10. The fourth-order valence-corrected chi connectivity index (χ4v) is 4.14. The number of piperidine rings is 1. The van der Waals surface area contributed by atoms with Crippen LogP contribution >= 0.6 is 0 Å². The van der Waals surface area contributed by atoms with E-state index in [2.05, 4.69) is 27.5 Å². The van der Waals surface area contributed by atoms with Crippen LogP contribution in [-0.4, -0.2) is 70.1 Å². The number of fused-ring (bicyclic) bond motifs is 3. The van der Waals surface area contributed by atoms with E-state index in [1.165, 1.54) is 0 Å². The van der Waals surface area contributed by atoms with Crippen LogP contribution in [0.15, 0.2) is 24.3 Å². The summed E-state index contributed by atoms with van der Waals surface area (Å²) < 4.78 is 0. The zero-order chi connectivity index (χ0) is 17.6. The molecule has 1 aromatic heterocycles. The first kappa shape index (κ1) is 16.1. The average Bonchev–Trinajstić information content (AvgIpc) is 2.99. The van der Waals surface area contributed by atoms with E-state index in [0.717, 1.165) is 36.8 Å². The molecule has 7 heteroatoms. The highest BCUT2D eigenvalue weighted by molar-refractivity contribution is 6.04. The number of rotatable bonds is 2. The Morgan fingerprint density at radius 2 is 1.88 bits per heavy atom. The standard InChI is InChI=1S/C18H23N5O2/c1-11(24)23-9-13-7-12(8-14(10-23)22(13)2)19-18(25)17-15-5-3-4-6-16(15)20-21-17/h3-6,12-14H,7-10H2,1-2H3,(H,19,25)(H,20,21)/t12?,13-,14+. The van der Waals surface area contributed by atoms with Gasteiger partial charge in [0.15, 0.2) is 5.69 Å². The molecule has 132 valence electrons. The van der Waals surface area contributed by atoms with Crippen molar-refractivity contribution >= 4 is 22.7 Å². The van der Waals surface area contributed by atoms with Crippen molar-refractivity contribution in [3.8, 4) is 0 Å². The van der Waals surface area contributed by atoms with Crippen molar-refractivity contribution in [2.75, 3.05) is 20.1 Å². The average molecular weight is 341 g/mol. The van der Waals surface area contributed by atoms with E-state index in [4.69, 9.17) is 0 Å². The molecule has 0 radical (unpaired) electrons. The van der Waals surface area contributed by atoms with E-state index in [-0.39, 0.29) is 29.9 Å². The Balaban J connectivity index is 1.47. The number of carbonyl (C=O) groups is 2. The van der Waals surface area contributed by atoms with Crippen LogP contribution in [0.25, 0.3) is 10.9 Å². The molecule has 2 aromatic rings. The zero-order valence-corrected chi connectivity index (χ0v) is 14.5. The fraction of sp³-hybridized carbons (Fsp3) is 0.500. The number of hydrogen-bond acceptors (Lipinski definition) is 4. The predicted molar refractivity (Wildman–Crippen MR) is 94.2 cm³/mol. The molecule has 2 aliphatic rings. The van der Waals surface area contributed by atoms with Crippen LogP contribution in [0.3, 0.4) is 0 Å². The van der Waals surface area contributed by atoms with E-state index in [1.54, 1.807) is 6.92 Å². The molecule has 4 rings (SSSR count). The van der Waals surface area contributed by atoms with Crippen molar-refractivity contribution in [2.24, 2.45) is 0 Å². The highest BCUT2D eigenvalue weighted by Crippen LogP contribution is 2.28. The first-order chi connectivity index (χ1) is 12.0. The lowest BCUT2D eigenvalue weighted by atomic mass is 9.88. The number of aromatic amines is 1. The largest absolute Gasteiger partial charge is 0.348 e.